The fourth-order valence-corrected chi connectivity index (χ4v) is 5.01. The standard InChI is InChI=1S/C28H27FN6O2/c29-20-11-9-19(10-12-20)17-34-25-8-4-3-7-24(25)32-28(34)30-21-13-15-33(16-14-21)18-26-31-23-6-2-1-5-22(23)27(36)35(26)37/h1-12,21,37H,13-18H2,(H,30,32). The monoisotopic (exact) mass is 498 g/mol. The van der Waals surface area contributed by atoms with Crippen molar-refractivity contribution in [2.75, 3.05) is 18.4 Å². The number of nitrogens with one attached hydrogen (secondary N) is 1. The molecule has 9 heteroatoms. The first kappa shape index (κ1) is 23.2. The van der Waals surface area contributed by atoms with Crippen molar-refractivity contribution in [2.24, 2.45) is 0 Å². The molecule has 1 fully saturated rings. The van der Waals surface area contributed by atoms with E-state index in [-0.39, 0.29) is 11.9 Å². The third-order valence-electron chi connectivity index (χ3n) is 7.02. The third-order valence-corrected chi connectivity index (χ3v) is 7.02. The van der Waals surface area contributed by atoms with Crippen molar-refractivity contribution in [3.8, 4) is 0 Å². The van der Waals surface area contributed by atoms with Crippen molar-refractivity contribution >= 4 is 27.9 Å². The van der Waals surface area contributed by atoms with Gasteiger partial charge in [0, 0.05) is 19.1 Å². The van der Waals surface area contributed by atoms with E-state index in [1.807, 2.05) is 30.3 Å². The van der Waals surface area contributed by atoms with Crippen LogP contribution in [0.2, 0.25) is 0 Å². The van der Waals surface area contributed by atoms with Gasteiger partial charge in [0.15, 0.2) is 5.82 Å². The highest BCUT2D eigenvalue weighted by Crippen LogP contribution is 2.24. The van der Waals surface area contributed by atoms with Gasteiger partial charge in [-0.15, -0.1) is 4.73 Å². The zero-order valence-electron chi connectivity index (χ0n) is 20.2. The third kappa shape index (κ3) is 4.65. The van der Waals surface area contributed by atoms with Gasteiger partial charge < -0.3 is 15.1 Å². The Morgan fingerprint density at radius 2 is 1.59 bits per heavy atom. The van der Waals surface area contributed by atoms with Crippen LogP contribution in [0.25, 0.3) is 21.9 Å². The van der Waals surface area contributed by atoms with Crippen LogP contribution < -0.4 is 10.9 Å². The molecular formula is C28H27FN6O2. The normalized spacial score (nSPS) is 14.9. The van der Waals surface area contributed by atoms with E-state index in [0.29, 0.717) is 34.5 Å². The Hall–Kier alpha value is -4.24. The molecule has 37 heavy (non-hydrogen) atoms. The summed E-state index contributed by atoms with van der Waals surface area (Å²) in [6, 6.07) is 21.8. The highest BCUT2D eigenvalue weighted by Gasteiger charge is 2.23. The number of nitrogens with zero attached hydrogens (tertiary/aromatic N) is 5. The van der Waals surface area contributed by atoms with E-state index >= 15 is 0 Å². The molecule has 6 rings (SSSR count). The molecule has 0 aliphatic carbocycles. The Balaban J connectivity index is 1.16. The molecule has 0 unspecified atom stereocenters. The van der Waals surface area contributed by atoms with Crippen molar-refractivity contribution < 1.29 is 9.60 Å². The lowest BCUT2D eigenvalue weighted by Crippen LogP contribution is -2.40. The number of imidazole rings is 1. The summed E-state index contributed by atoms with van der Waals surface area (Å²) in [5.41, 5.74) is 3.07. The summed E-state index contributed by atoms with van der Waals surface area (Å²) >= 11 is 0. The van der Waals surface area contributed by atoms with E-state index in [1.165, 1.54) is 12.1 Å². The quantitative estimate of drug-likeness (QED) is 0.341. The van der Waals surface area contributed by atoms with E-state index in [4.69, 9.17) is 4.98 Å². The summed E-state index contributed by atoms with van der Waals surface area (Å²) in [6.07, 6.45) is 1.76. The number of fused-ring (bicyclic) bond motifs is 2. The predicted molar refractivity (Wildman–Crippen MR) is 140 cm³/mol. The molecule has 1 saturated heterocycles. The molecule has 3 aromatic carbocycles. The molecule has 5 aromatic rings. The highest BCUT2D eigenvalue weighted by atomic mass is 19.1. The smallest absolute Gasteiger partial charge is 0.294 e. The van der Waals surface area contributed by atoms with Crippen LogP contribution in [-0.2, 0) is 13.1 Å². The fourth-order valence-electron chi connectivity index (χ4n) is 5.01. The first-order valence-electron chi connectivity index (χ1n) is 12.4. The maximum absolute atomic E-state index is 13.4. The van der Waals surface area contributed by atoms with Gasteiger partial charge in [-0.3, -0.25) is 9.69 Å². The molecule has 0 radical (unpaired) electrons. The number of likely N-dealkylation sites (tertiary alicyclic amines) is 1. The number of anilines is 1. The Bertz CT molecular complexity index is 1620. The molecule has 1 aliphatic heterocycles. The minimum Gasteiger partial charge on any atom is -0.424 e. The fraction of sp³-hybridized carbons (Fsp3) is 0.250. The highest BCUT2D eigenvalue weighted by molar-refractivity contribution is 5.79. The van der Waals surface area contributed by atoms with Crippen LogP contribution in [0.15, 0.2) is 77.6 Å². The minimum atomic E-state index is -0.447. The molecule has 0 spiro atoms. The minimum absolute atomic E-state index is 0.223. The maximum Gasteiger partial charge on any atom is 0.294 e. The Morgan fingerprint density at radius 3 is 2.38 bits per heavy atom. The molecule has 0 atom stereocenters. The average molecular weight is 499 g/mol. The van der Waals surface area contributed by atoms with Crippen molar-refractivity contribution in [1.29, 1.82) is 0 Å². The predicted octanol–water partition coefficient (Wildman–Crippen LogP) is 4.25. The van der Waals surface area contributed by atoms with E-state index in [9.17, 15) is 14.4 Å². The number of benzene rings is 3. The summed E-state index contributed by atoms with van der Waals surface area (Å²) in [4.78, 5) is 24.1. The van der Waals surface area contributed by atoms with Crippen LogP contribution >= 0.6 is 0 Å². The molecule has 188 valence electrons. The van der Waals surface area contributed by atoms with Crippen molar-refractivity contribution in [2.45, 2.75) is 32.0 Å². The van der Waals surface area contributed by atoms with Gasteiger partial charge in [-0.25, -0.2) is 14.4 Å². The Labute approximate surface area is 212 Å². The van der Waals surface area contributed by atoms with Crippen LogP contribution in [0.3, 0.4) is 0 Å². The molecular weight excluding hydrogens is 471 g/mol. The summed E-state index contributed by atoms with van der Waals surface area (Å²) in [6.45, 7) is 2.56. The first-order valence-corrected chi connectivity index (χ1v) is 12.4. The number of piperidine rings is 1. The number of hydrogen-bond donors (Lipinski definition) is 2. The van der Waals surface area contributed by atoms with E-state index in [0.717, 1.165) is 48.5 Å². The van der Waals surface area contributed by atoms with Crippen LogP contribution in [0.5, 0.6) is 0 Å². The van der Waals surface area contributed by atoms with Gasteiger partial charge >= 0.3 is 0 Å². The molecule has 2 aromatic heterocycles. The van der Waals surface area contributed by atoms with Crippen LogP contribution in [0, 0.1) is 5.82 Å². The van der Waals surface area contributed by atoms with E-state index < -0.39 is 5.56 Å². The molecule has 0 bridgehead atoms. The van der Waals surface area contributed by atoms with Gasteiger partial charge in [-0.2, -0.15) is 0 Å². The molecule has 0 amide bonds. The lowest BCUT2D eigenvalue weighted by Gasteiger charge is -2.32. The molecule has 2 N–H and O–H groups in total. The van der Waals surface area contributed by atoms with Crippen LogP contribution in [0.4, 0.5) is 10.3 Å². The topological polar surface area (TPSA) is 88.2 Å². The molecule has 3 heterocycles. The largest absolute Gasteiger partial charge is 0.424 e. The SMILES string of the molecule is O=c1c2ccccc2nc(CN2CCC(Nc3nc4ccccc4n3Cc3ccc(F)cc3)CC2)n1O. The van der Waals surface area contributed by atoms with Crippen molar-refractivity contribution in [1.82, 2.24) is 24.2 Å². The Morgan fingerprint density at radius 1 is 0.892 bits per heavy atom. The number of para-hydroxylation sites is 3. The number of hydrogen-bond acceptors (Lipinski definition) is 6. The zero-order valence-corrected chi connectivity index (χ0v) is 20.2. The number of rotatable bonds is 6. The van der Waals surface area contributed by atoms with Crippen LogP contribution in [0.1, 0.15) is 24.2 Å². The lowest BCUT2D eigenvalue weighted by molar-refractivity contribution is 0.136. The zero-order chi connectivity index (χ0) is 25.4. The van der Waals surface area contributed by atoms with E-state index in [1.54, 1.807) is 30.3 Å². The van der Waals surface area contributed by atoms with Crippen molar-refractivity contribution in [3.63, 3.8) is 0 Å². The summed E-state index contributed by atoms with van der Waals surface area (Å²) in [5.74, 6) is 0.891. The van der Waals surface area contributed by atoms with Gasteiger partial charge in [0.2, 0.25) is 5.95 Å². The second kappa shape index (κ2) is 9.67. The van der Waals surface area contributed by atoms with Crippen molar-refractivity contribution in [3.05, 3.63) is 100 Å². The molecule has 0 saturated carbocycles. The Kier molecular flexibility index (Phi) is 6.05. The van der Waals surface area contributed by atoms with Gasteiger partial charge in [0.1, 0.15) is 5.82 Å². The van der Waals surface area contributed by atoms with Gasteiger partial charge in [-0.05, 0) is 54.8 Å². The summed E-state index contributed by atoms with van der Waals surface area (Å²) in [5, 5.41) is 14.4. The lowest BCUT2D eigenvalue weighted by atomic mass is 10.1. The average Bonchev–Trinajstić information content (AvgIpc) is 3.26. The van der Waals surface area contributed by atoms with Gasteiger partial charge in [0.25, 0.3) is 5.56 Å². The second-order valence-electron chi connectivity index (χ2n) is 9.49. The first-order chi connectivity index (χ1) is 18.0. The second-order valence-corrected chi connectivity index (χ2v) is 9.49. The number of aromatic nitrogens is 4. The van der Waals surface area contributed by atoms with Crippen LogP contribution in [-0.4, -0.2) is 48.5 Å². The summed E-state index contributed by atoms with van der Waals surface area (Å²) < 4.78 is 16.2. The summed E-state index contributed by atoms with van der Waals surface area (Å²) in [7, 11) is 0. The van der Waals surface area contributed by atoms with Gasteiger partial charge in [-0.1, -0.05) is 36.4 Å². The van der Waals surface area contributed by atoms with Gasteiger partial charge in [0.05, 0.1) is 35.0 Å². The molecule has 8 nitrogen and oxygen atoms in total. The maximum atomic E-state index is 13.4. The number of halogens is 1. The molecule has 1 aliphatic rings. The van der Waals surface area contributed by atoms with E-state index in [2.05, 4.69) is 19.8 Å².